The van der Waals surface area contributed by atoms with Crippen LogP contribution in [0.25, 0.3) is 0 Å². The second-order valence-electron chi connectivity index (χ2n) is 10.7. The van der Waals surface area contributed by atoms with Crippen LogP contribution in [0, 0.1) is 11.7 Å². The molecule has 0 saturated carbocycles. The number of hydrogen-bond donors (Lipinski definition) is 2. The predicted molar refractivity (Wildman–Crippen MR) is 168 cm³/mol. The van der Waals surface area contributed by atoms with Crippen molar-refractivity contribution in [3.63, 3.8) is 0 Å². The second kappa shape index (κ2) is 15.2. The average Bonchev–Trinajstić information content (AvgIpc) is 3.02. The molecule has 0 bridgehead atoms. The molecule has 0 spiro atoms. The third kappa shape index (κ3) is 9.40. The molecule has 4 aromatic rings. The average molecular weight is 618 g/mol. The van der Waals surface area contributed by atoms with Gasteiger partial charge in [0.15, 0.2) is 6.61 Å². The number of anilines is 1. The Morgan fingerprint density at radius 2 is 1.41 bits per heavy atom. The second-order valence-corrected chi connectivity index (χ2v) is 12.4. The molecule has 0 heterocycles. The Bertz CT molecular complexity index is 1620. The standard InChI is InChI=1S/C34H36FN3O5S/c1-25(2)22-36-34(40)32(21-26-9-5-3-6-10-26)38(23-27-11-7-4-8-12-27)33(39)24-43-30-17-19-31(20-18-30)44(41,42)37-29-15-13-28(35)14-16-29/h3-20,25,32,37H,21-24H2,1-2H3,(H,36,40). The Hall–Kier alpha value is -4.70. The summed E-state index contributed by atoms with van der Waals surface area (Å²) in [5.74, 6) is -0.619. The van der Waals surface area contributed by atoms with Gasteiger partial charge >= 0.3 is 0 Å². The summed E-state index contributed by atoms with van der Waals surface area (Å²) in [6, 6.07) is 28.7. The summed E-state index contributed by atoms with van der Waals surface area (Å²) in [5, 5.41) is 2.98. The Labute approximate surface area is 257 Å². The molecular weight excluding hydrogens is 581 g/mol. The molecule has 2 amide bonds. The van der Waals surface area contributed by atoms with Crippen molar-refractivity contribution in [2.45, 2.75) is 37.8 Å². The van der Waals surface area contributed by atoms with Gasteiger partial charge in [0, 0.05) is 25.2 Å². The van der Waals surface area contributed by atoms with Gasteiger partial charge in [0.1, 0.15) is 17.6 Å². The lowest BCUT2D eigenvalue weighted by atomic mass is 10.0. The fourth-order valence-corrected chi connectivity index (χ4v) is 5.49. The molecule has 0 aliphatic rings. The number of amides is 2. The number of halogens is 1. The minimum atomic E-state index is -3.93. The van der Waals surface area contributed by atoms with E-state index >= 15 is 0 Å². The lowest BCUT2D eigenvalue weighted by molar-refractivity contribution is -0.142. The first kappa shape index (κ1) is 32.2. The highest BCUT2D eigenvalue weighted by atomic mass is 32.2. The summed E-state index contributed by atoms with van der Waals surface area (Å²) < 4.78 is 46.9. The maximum Gasteiger partial charge on any atom is 0.261 e. The lowest BCUT2D eigenvalue weighted by Gasteiger charge is -2.31. The largest absolute Gasteiger partial charge is 0.484 e. The Morgan fingerprint density at radius 3 is 2.00 bits per heavy atom. The Kier molecular flexibility index (Phi) is 11.1. The molecule has 0 aliphatic carbocycles. The zero-order valence-corrected chi connectivity index (χ0v) is 25.5. The van der Waals surface area contributed by atoms with Crippen molar-refractivity contribution in [2.75, 3.05) is 17.9 Å². The number of sulfonamides is 1. The SMILES string of the molecule is CC(C)CNC(=O)C(Cc1ccccc1)N(Cc1ccccc1)C(=O)COc1ccc(S(=O)(=O)Nc2ccc(F)cc2)cc1. The molecule has 4 aromatic carbocycles. The van der Waals surface area contributed by atoms with E-state index < -0.39 is 27.8 Å². The Morgan fingerprint density at radius 1 is 0.818 bits per heavy atom. The maximum absolute atomic E-state index is 13.7. The van der Waals surface area contributed by atoms with Gasteiger partial charge in [-0.2, -0.15) is 0 Å². The number of nitrogens with zero attached hydrogens (tertiary/aromatic N) is 1. The fraction of sp³-hybridized carbons (Fsp3) is 0.235. The molecule has 1 atom stereocenters. The topological polar surface area (TPSA) is 105 Å². The van der Waals surface area contributed by atoms with Crippen molar-refractivity contribution in [1.82, 2.24) is 10.2 Å². The molecule has 0 aliphatic heterocycles. The first-order chi connectivity index (χ1) is 21.1. The third-order valence-electron chi connectivity index (χ3n) is 6.74. The molecule has 0 radical (unpaired) electrons. The van der Waals surface area contributed by atoms with E-state index in [9.17, 15) is 22.4 Å². The van der Waals surface area contributed by atoms with Crippen LogP contribution in [0.1, 0.15) is 25.0 Å². The van der Waals surface area contributed by atoms with Crippen LogP contribution in [0.5, 0.6) is 5.75 Å². The van der Waals surface area contributed by atoms with Crippen molar-refractivity contribution in [3.8, 4) is 5.75 Å². The summed E-state index contributed by atoms with van der Waals surface area (Å²) in [6.07, 6.45) is 0.316. The van der Waals surface area contributed by atoms with Gasteiger partial charge in [0.2, 0.25) is 5.91 Å². The number of rotatable bonds is 14. The van der Waals surface area contributed by atoms with Gasteiger partial charge in [0.25, 0.3) is 15.9 Å². The van der Waals surface area contributed by atoms with E-state index in [2.05, 4.69) is 10.0 Å². The molecule has 0 aromatic heterocycles. The molecule has 8 nitrogen and oxygen atoms in total. The van der Waals surface area contributed by atoms with E-state index in [0.717, 1.165) is 23.3 Å². The lowest BCUT2D eigenvalue weighted by Crippen LogP contribution is -2.52. The van der Waals surface area contributed by atoms with Crippen molar-refractivity contribution < 1.29 is 27.1 Å². The van der Waals surface area contributed by atoms with Crippen molar-refractivity contribution in [3.05, 3.63) is 126 Å². The van der Waals surface area contributed by atoms with E-state index in [1.54, 1.807) is 0 Å². The van der Waals surface area contributed by atoms with Crippen molar-refractivity contribution in [1.29, 1.82) is 0 Å². The molecule has 10 heteroatoms. The predicted octanol–water partition coefficient (Wildman–Crippen LogP) is 5.42. The molecule has 2 N–H and O–H groups in total. The Balaban J connectivity index is 1.51. The number of benzene rings is 4. The number of hydrogen-bond acceptors (Lipinski definition) is 5. The first-order valence-electron chi connectivity index (χ1n) is 14.3. The van der Waals surface area contributed by atoms with Gasteiger partial charge in [0.05, 0.1) is 4.90 Å². The summed E-state index contributed by atoms with van der Waals surface area (Å²) in [4.78, 5) is 28.8. The van der Waals surface area contributed by atoms with Gasteiger partial charge < -0.3 is 15.0 Å². The van der Waals surface area contributed by atoms with Crippen molar-refractivity contribution >= 4 is 27.5 Å². The highest BCUT2D eigenvalue weighted by Crippen LogP contribution is 2.21. The van der Waals surface area contributed by atoms with Crippen LogP contribution in [-0.4, -0.2) is 44.3 Å². The first-order valence-corrected chi connectivity index (χ1v) is 15.8. The van der Waals surface area contributed by atoms with E-state index in [1.807, 2.05) is 74.5 Å². The van der Waals surface area contributed by atoms with Crippen molar-refractivity contribution in [2.24, 2.45) is 5.92 Å². The van der Waals surface area contributed by atoms with Crippen LogP contribution in [0.15, 0.2) is 114 Å². The molecule has 1 unspecified atom stereocenters. The summed E-state index contributed by atoms with van der Waals surface area (Å²) >= 11 is 0. The van der Waals surface area contributed by atoms with E-state index in [1.165, 1.54) is 41.3 Å². The van der Waals surface area contributed by atoms with Gasteiger partial charge in [-0.1, -0.05) is 74.5 Å². The van der Waals surface area contributed by atoms with Gasteiger partial charge in [-0.3, -0.25) is 14.3 Å². The van der Waals surface area contributed by atoms with Gasteiger partial charge in [-0.25, -0.2) is 12.8 Å². The number of carbonyl (C=O) groups excluding carboxylic acids is 2. The number of carbonyl (C=O) groups is 2. The van der Waals surface area contributed by atoms with Crippen LogP contribution in [0.4, 0.5) is 10.1 Å². The van der Waals surface area contributed by atoms with E-state index in [4.69, 9.17) is 4.74 Å². The summed E-state index contributed by atoms with van der Waals surface area (Å²) in [7, 11) is -3.93. The fourth-order valence-electron chi connectivity index (χ4n) is 4.43. The summed E-state index contributed by atoms with van der Waals surface area (Å²) in [6.45, 7) is 4.31. The molecule has 0 saturated heterocycles. The summed E-state index contributed by atoms with van der Waals surface area (Å²) in [5.41, 5.74) is 1.99. The monoisotopic (exact) mass is 617 g/mol. The van der Waals surface area contributed by atoms with Crippen LogP contribution in [-0.2, 0) is 32.6 Å². The highest BCUT2D eigenvalue weighted by Gasteiger charge is 2.30. The smallest absolute Gasteiger partial charge is 0.261 e. The zero-order valence-electron chi connectivity index (χ0n) is 24.7. The molecule has 0 fully saturated rings. The minimum Gasteiger partial charge on any atom is -0.484 e. The van der Waals surface area contributed by atoms with Crippen LogP contribution < -0.4 is 14.8 Å². The van der Waals surface area contributed by atoms with Crippen LogP contribution >= 0.6 is 0 Å². The minimum absolute atomic E-state index is 0.0315. The van der Waals surface area contributed by atoms with E-state index in [0.29, 0.717) is 13.0 Å². The van der Waals surface area contributed by atoms with E-state index in [-0.39, 0.29) is 41.3 Å². The van der Waals surface area contributed by atoms with Crippen LogP contribution in [0.3, 0.4) is 0 Å². The molecule has 4 rings (SSSR count). The van der Waals surface area contributed by atoms with Gasteiger partial charge in [-0.05, 0) is 65.6 Å². The highest BCUT2D eigenvalue weighted by molar-refractivity contribution is 7.92. The molecule has 44 heavy (non-hydrogen) atoms. The molecule has 230 valence electrons. The third-order valence-corrected chi connectivity index (χ3v) is 8.14. The van der Waals surface area contributed by atoms with Gasteiger partial charge in [-0.15, -0.1) is 0 Å². The zero-order chi connectivity index (χ0) is 31.5. The maximum atomic E-state index is 13.7. The quantitative estimate of drug-likeness (QED) is 0.197. The number of ether oxygens (including phenoxy) is 1. The molecular formula is C34H36FN3O5S. The number of nitrogens with one attached hydrogen (secondary N) is 2. The van der Waals surface area contributed by atoms with Crippen LogP contribution in [0.2, 0.25) is 0 Å². The normalized spacial score (nSPS) is 11.9.